The fraction of sp³-hybridized carbons (Fsp3) is 0.409. The molecule has 1 atom stereocenters. The van der Waals surface area contributed by atoms with E-state index in [-0.39, 0.29) is 11.9 Å². The van der Waals surface area contributed by atoms with Gasteiger partial charge in [0.25, 0.3) is 5.91 Å². The molecule has 0 bridgehead atoms. The molecule has 4 heteroatoms. The number of benzene rings is 2. The van der Waals surface area contributed by atoms with Gasteiger partial charge in [0.15, 0.2) is 0 Å². The maximum absolute atomic E-state index is 12.5. The predicted molar refractivity (Wildman–Crippen MR) is 102 cm³/mol. The van der Waals surface area contributed by atoms with Crippen LogP contribution in [0.1, 0.15) is 40.7 Å². The Labute approximate surface area is 155 Å². The molecule has 1 saturated heterocycles. The SMILES string of the molecule is O=C(N[C@H]1COc2ccccc2C1)c1ccc(CN2CCCCC2)cc1. The third kappa shape index (κ3) is 4.07. The van der Waals surface area contributed by atoms with Crippen LogP contribution in [0.2, 0.25) is 0 Å². The van der Waals surface area contributed by atoms with Crippen molar-refractivity contribution in [2.45, 2.75) is 38.3 Å². The minimum atomic E-state index is -0.0255. The summed E-state index contributed by atoms with van der Waals surface area (Å²) >= 11 is 0. The van der Waals surface area contributed by atoms with E-state index >= 15 is 0 Å². The Morgan fingerprint density at radius 2 is 1.81 bits per heavy atom. The van der Waals surface area contributed by atoms with Gasteiger partial charge in [-0.05, 0) is 61.7 Å². The van der Waals surface area contributed by atoms with Gasteiger partial charge in [-0.3, -0.25) is 9.69 Å². The summed E-state index contributed by atoms with van der Waals surface area (Å²) in [7, 11) is 0. The van der Waals surface area contributed by atoms with Crippen LogP contribution in [0, 0.1) is 0 Å². The van der Waals surface area contributed by atoms with Crippen LogP contribution in [0.5, 0.6) is 5.75 Å². The zero-order valence-electron chi connectivity index (χ0n) is 15.1. The zero-order chi connectivity index (χ0) is 17.8. The topological polar surface area (TPSA) is 41.6 Å². The molecule has 2 aliphatic heterocycles. The van der Waals surface area contributed by atoms with E-state index in [9.17, 15) is 4.79 Å². The number of carbonyl (C=O) groups is 1. The summed E-state index contributed by atoms with van der Waals surface area (Å²) in [6.45, 7) is 3.88. The molecule has 4 rings (SSSR count). The first-order valence-electron chi connectivity index (χ1n) is 9.61. The summed E-state index contributed by atoms with van der Waals surface area (Å²) in [4.78, 5) is 15.0. The number of ether oxygens (including phenoxy) is 1. The van der Waals surface area contributed by atoms with Crippen molar-refractivity contribution in [3.8, 4) is 5.75 Å². The zero-order valence-corrected chi connectivity index (χ0v) is 15.1. The molecule has 1 fully saturated rings. The first-order valence-corrected chi connectivity index (χ1v) is 9.61. The lowest BCUT2D eigenvalue weighted by molar-refractivity contribution is 0.0915. The van der Waals surface area contributed by atoms with E-state index in [4.69, 9.17) is 4.74 Å². The maximum Gasteiger partial charge on any atom is 0.251 e. The first kappa shape index (κ1) is 17.1. The number of hydrogen-bond donors (Lipinski definition) is 1. The summed E-state index contributed by atoms with van der Waals surface area (Å²) < 4.78 is 5.76. The fourth-order valence-electron chi connectivity index (χ4n) is 3.83. The molecule has 0 spiro atoms. The quantitative estimate of drug-likeness (QED) is 0.919. The Bertz CT molecular complexity index is 751. The molecular formula is C22H26N2O2. The number of hydrogen-bond acceptors (Lipinski definition) is 3. The highest BCUT2D eigenvalue weighted by Crippen LogP contribution is 2.24. The van der Waals surface area contributed by atoms with Gasteiger partial charge < -0.3 is 10.1 Å². The smallest absolute Gasteiger partial charge is 0.251 e. The number of carbonyl (C=O) groups excluding carboxylic acids is 1. The number of piperidine rings is 1. The summed E-state index contributed by atoms with van der Waals surface area (Å²) in [6, 6.07) is 16.1. The summed E-state index contributed by atoms with van der Waals surface area (Å²) in [5, 5.41) is 3.10. The van der Waals surface area contributed by atoms with Gasteiger partial charge in [0.05, 0.1) is 6.04 Å². The molecule has 26 heavy (non-hydrogen) atoms. The van der Waals surface area contributed by atoms with Gasteiger partial charge in [0.2, 0.25) is 0 Å². The van der Waals surface area contributed by atoms with E-state index in [1.54, 1.807) is 0 Å². The first-order chi connectivity index (χ1) is 12.8. The minimum absolute atomic E-state index is 0.0189. The van der Waals surface area contributed by atoms with Crippen molar-refractivity contribution >= 4 is 5.91 Å². The molecule has 0 radical (unpaired) electrons. The second kappa shape index (κ2) is 7.92. The van der Waals surface area contributed by atoms with Crippen LogP contribution in [0.3, 0.4) is 0 Å². The number of rotatable bonds is 4. The second-order valence-electron chi connectivity index (χ2n) is 7.33. The molecule has 2 heterocycles. The molecule has 0 aliphatic carbocycles. The highest BCUT2D eigenvalue weighted by molar-refractivity contribution is 5.94. The molecule has 1 N–H and O–H groups in total. The van der Waals surface area contributed by atoms with Gasteiger partial charge in [-0.1, -0.05) is 36.8 Å². The molecule has 0 unspecified atom stereocenters. The van der Waals surface area contributed by atoms with Gasteiger partial charge in [0, 0.05) is 12.1 Å². The lowest BCUT2D eigenvalue weighted by Gasteiger charge is -2.27. The number of fused-ring (bicyclic) bond motifs is 1. The van der Waals surface area contributed by atoms with Crippen molar-refractivity contribution in [2.75, 3.05) is 19.7 Å². The molecule has 2 aromatic carbocycles. The highest BCUT2D eigenvalue weighted by Gasteiger charge is 2.21. The third-order valence-corrected chi connectivity index (χ3v) is 5.29. The monoisotopic (exact) mass is 350 g/mol. The van der Waals surface area contributed by atoms with E-state index in [0.717, 1.165) is 24.3 Å². The van der Waals surface area contributed by atoms with Gasteiger partial charge in [0.1, 0.15) is 12.4 Å². The van der Waals surface area contributed by atoms with Crippen LogP contribution in [0.15, 0.2) is 48.5 Å². The van der Waals surface area contributed by atoms with Crippen molar-refractivity contribution in [1.82, 2.24) is 10.2 Å². The Kier molecular flexibility index (Phi) is 5.21. The molecule has 2 aromatic rings. The third-order valence-electron chi connectivity index (χ3n) is 5.29. The van der Waals surface area contributed by atoms with Crippen LogP contribution in [0.4, 0.5) is 0 Å². The van der Waals surface area contributed by atoms with Gasteiger partial charge in [-0.2, -0.15) is 0 Å². The molecule has 4 nitrogen and oxygen atoms in total. The summed E-state index contributed by atoms with van der Waals surface area (Å²) in [5.74, 6) is 0.905. The molecular weight excluding hydrogens is 324 g/mol. The van der Waals surface area contributed by atoms with Crippen molar-refractivity contribution in [1.29, 1.82) is 0 Å². The predicted octanol–water partition coefficient (Wildman–Crippen LogP) is 3.41. The Hall–Kier alpha value is -2.33. The molecule has 2 aliphatic rings. The summed E-state index contributed by atoms with van der Waals surface area (Å²) in [6.07, 6.45) is 4.76. The van der Waals surface area contributed by atoms with E-state index in [0.29, 0.717) is 12.2 Å². The fourth-order valence-corrected chi connectivity index (χ4v) is 3.83. The Balaban J connectivity index is 1.33. The van der Waals surface area contributed by atoms with E-state index in [1.807, 2.05) is 30.3 Å². The summed E-state index contributed by atoms with van der Waals surface area (Å²) in [5.41, 5.74) is 3.14. The second-order valence-corrected chi connectivity index (χ2v) is 7.33. The average Bonchev–Trinajstić information content (AvgIpc) is 2.69. The number of para-hydroxylation sites is 1. The van der Waals surface area contributed by atoms with Crippen molar-refractivity contribution in [3.05, 3.63) is 65.2 Å². The lowest BCUT2D eigenvalue weighted by Crippen LogP contribution is -2.42. The van der Waals surface area contributed by atoms with Crippen LogP contribution in [-0.4, -0.2) is 36.5 Å². The largest absolute Gasteiger partial charge is 0.491 e. The van der Waals surface area contributed by atoms with E-state index in [2.05, 4.69) is 28.4 Å². The van der Waals surface area contributed by atoms with Crippen molar-refractivity contribution in [3.63, 3.8) is 0 Å². The van der Waals surface area contributed by atoms with Crippen LogP contribution in [-0.2, 0) is 13.0 Å². The van der Waals surface area contributed by atoms with Crippen LogP contribution >= 0.6 is 0 Å². The lowest BCUT2D eigenvalue weighted by atomic mass is 10.0. The molecule has 0 aromatic heterocycles. The van der Waals surface area contributed by atoms with Crippen molar-refractivity contribution < 1.29 is 9.53 Å². The number of likely N-dealkylation sites (tertiary alicyclic amines) is 1. The standard InChI is InChI=1S/C22H26N2O2/c25-22(23-20-14-19-6-2-3-7-21(19)26-16-20)18-10-8-17(9-11-18)15-24-12-4-1-5-13-24/h2-3,6-11,20H,1,4-5,12-16H2,(H,23,25)/t20-/m1/s1. The Morgan fingerprint density at radius 3 is 2.62 bits per heavy atom. The maximum atomic E-state index is 12.5. The molecule has 136 valence electrons. The Morgan fingerprint density at radius 1 is 1.04 bits per heavy atom. The van der Waals surface area contributed by atoms with Gasteiger partial charge in [-0.15, -0.1) is 0 Å². The van der Waals surface area contributed by atoms with E-state index in [1.165, 1.54) is 37.9 Å². The van der Waals surface area contributed by atoms with E-state index < -0.39 is 0 Å². The normalized spacial score (nSPS) is 20.1. The minimum Gasteiger partial charge on any atom is -0.491 e. The van der Waals surface area contributed by atoms with Crippen LogP contribution in [0.25, 0.3) is 0 Å². The number of nitrogens with one attached hydrogen (secondary N) is 1. The number of nitrogens with zero attached hydrogens (tertiary/aromatic N) is 1. The molecule has 1 amide bonds. The molecule has 0 saturated carbocycles. The van der Waals surface area contributed by atoms with Gasteiger partial charge in [-0.25, -0.2) is 0 Å². The van der Waals surface area contributed by atoms with Crippen molar-refractivity contribution in [2.24, 2.45) is 0 Å². The van der Waals surface area contributed by atoms with Crippen LogP contribution < -0.4 is 10.1 Å². The highest BCUT2D eigenvalue weighted by atomic mass is 16.5. The number of amides is 1. The van der Waals surface area contributed by atoms with Gasteiger partial charge >= 0.3 is 0 Å². The average molecular weight is 350 g/mol.